The van der Waals surface area contributed by atoms with Crippen LogP contribution in [0.5, 0.6) is 0 Å². The minimum Gasteiger partial charge on any atom is -0.351 e. The molecule has 0 spiro atoms. The van der Waals surface area contributed by atoms with Crippen LogP contribution in [0.2, 0.25) is 5.02 Å². The molecular weight excluding hydrogens is 422 g/mol. The maximum Gasteiger partial charge on any atom is 0.232 e. The number of rotatable bonds is 8. The van der Waals surface area contributed by atoms with Gasteiger partial charge in [0, 0.05) is 24.3 Å². The van der Waals surface area contributed by atoms with E-state index in [2.05, 4.69) is 20.8 Å². The van der Waals surface area contributed by atoms with E-state index in [9.17, 15) is 9.59 Å². The van der Waals surface area contributed by atoms with Crippen LogP contribution in [0.1, 0.15) is 17.0 Å². The lowest BCUT2D eigenvalue weighted by Gasteiger charge is -2.07. The van der Waals surface area contributed by atoms with Crippen LogP contribution in [0.25, 0.3) is 0 Å². The fourth-order valence-electron chi connectivity index (χ4n) is 2.62. The molecule has 2 aromatic carbocycles. The molecule has 0 saturated heterocycles. The largest absolute Gasteiger partial charge is 0.351 e. The van der Waals surface area contributed by atoms with Crippen LogP contribution in [0.3, 0.4) is 0 Å². The number of thioether (sulfide) groups is 1. The highest BCUT2D eigenvalue weighted by atomic mass is 35.5. The first-order valence-corrected chi connectivity index (χ1v) is 10.7. The Morgan fingerprint density at radius 1 is 1.10 bits per heavy atom. The van der Waals surface area contributed by atoms with E-state index in [0.717, 1.165) is 11.1 Å². The molecular formula is C21H22ClN5O2S. The monoisotopic (exact) mass is 443 g/mol. The van der Waals surface area contributed by atoms with Crippen LogP contribution in [0, 0.1) is 6.92 Å². The number of hydrogen-bond donors (Lipinski definition) is 2. The van der Waals surface area contributed by atoms with Gasteiger partial charge in [-0.15, -0.1) is 10.2 Å². The molecule has 1 heterocycles. The summed E-state index contributed by atoms with van der Waals surface area (Å²) >= 11 is 7.36. The Morgan fingerprint density at radius 2 is 1.87 bits per heavy atom. The molecule has 3 aromatic rings. The number of aromatic nitrogens is 3. The Labute approximate surface area is 184 Å². The molecule has 7 nitrogen and oxygen atoms in total. The second-order valence-corrected chi connectivity index (χ2v) is 8.05. The number of anilines is 1. The van der Waals surface area contributed by atoms with Crippen LogP contribution in [-0.4, -0.2) is 32.3 Å². The van der Waals surface area contributed by atoms with Gasteiger partial charge in [0.15, 0.2) is 5.16 Å². The Kier molecular flexibility index (Phi) is 7.48. The number of carbonyl (C=O) groups excluding carboxylic acids is 2. The van der Waals surface area contributed by atoms with Crippen molar-refractivity contribution in [2.45, 2.75) is 25.0 Å². The first kappa shape index (κ1) is 21.9. The summed E-state index contributed by atoms with van der Waals surface area (Å²) in [5.41, 5.74) is 2.61. The SMILES string of the molecule is Cc1ccc(NC(=O)Cc2nnc(SCC(=O)NCc3ccccc3)n2C)cc1Cl. The molecule has 1 aromatic heterocycles. The van der Waals surface area contributed by atoms with Gasteiger partial charge >= 0.3 is 0 Å². The summed E-state index contributed by atoms with van der Waals surface area (Å²) in [6.45, 7) is 2.38. The molecule has 2 amide bonds. The van der Waals surface area contributed by atoms with Crippen LogP contribution >= 0.6 is 23.4 Å². The van der Waals surface area contributed by atoms with Gasteiger partial charge in [-0.1, -0.05) is 59.8 Å². The third kappa shape index (κ3) is 6.08. The predicted molar refractivity (Wildman–Crippen MR) is 119 cm³/mol. The third-order valence-electron chi connectivity index (χ3n) is 4.36. The Hall–Kier alpha value is -2.84. The Bertz CT molecular complexity index is 1040. The molecule has 0 aliphatic carbocycles. The van der Waals surface area contributed by atoms with E-state index in [1.165, 1.54) is 11.8 Å². The zero-order chi connectivity index (χ0) is 21.5. The first-order chi connectivity index (χ1) is 14.4. The zero-order valence-electron chi connectivity index (χ0n) is 16.7. The summed E-state index contributed by atoms with van der Waals surface area (Å²) in [7, 11) is 1.77. The van der Waals surface area contributed by atoms with Crippen LogP contribution < -0.4 is 10.6 Å². The molecule has 3 rings (SSSR count). The smallest absolute Gasteiger partial charge is 0.232 e. The highest BCUT2D eigenvalue weighted by Gasteiger charge is 2.15. The normalized spacial score (nSPS) is 10.6. The molecule has 0 unspecified atom stereocenters. The van der Waals surface area contributed by atoms with E-state index >= 15 is 0 Å². The van der Waals surface area contributed by atoms with E-state index in [-0.39, 0.29) is 24.0 Å². The zero-order valence-corrected chi connectivity index (χ0v) is 18.3. The van der Waals surface area contributed by atoms with Crippen molar-refractivity contribution in [2.24, 2.45) is 7.05 Å². The lowest BCUT2D eigenvalue weighted by atomic mass is 10.2. The lowest BCUT2D eigenvalue weighted by Crippen LogP contribution is -2.24. The quantitative estimate of drug-likeness (QED) is 0.521. The van der Waals surface area contributed by atoms with E-state index in [1.807, 2.05) is 43.3 Å². The van der Waals surface area contributed by atoms with Crippen molar-refractivity contribution in [3.8, 4) is 0 Å². The maximum atomic E-state index is 12.3. The molecule has 0 fully saturated rings. The van der Waals surface area contributed by atoms with Crippen molar-refractivity contribution in [3.05, 3.63) is 70.5 Å². The van der Waals surface area contributed by atoms with Crippen molar-refractivity contribution >= 4 is 40.9 Å². The van der Waals surface area contributed by atoms with Crippen molar-refractivity contribution in [1.82, 2.24) is 20.1 Å². The average molecular weight is 444 g/mol. The highest BCUT2D eigenvalue weighted by molar-refractivity contribution is 7.99. The van der Waals surface area contributed by atoms with E-state index < -0.39 is 0 Å². The maximum absolute atomic E-state index is 12.3. The van der Waals surface area contributed by atoms with E-state index in [4.69, 9.17) is 11.6 Å². The fraction of sp³-hybridized carbons (Fsp3) is 0.238. The summed E-state index contributed by atoms with van der Waals surface area (Å²) in [4.78, 5) is 24.4. The van der Waals surface area contributed by atoms with Gasteiger partial charge in [-0.25, -0.2) is 0 Å². The minimum atomic E-state index is -0.220. The topological polar surface area (TPSA) is 88.9 Å². The van der Waals surface area contributed by atoms with Gasteiger partial charge in [0.1, 0.15) is 5.82 Å². The molecule has 30 heavy (non-hydrogen) atoms. The van der Waals surface area contributed by atoms with Crippen molar-refractivity contribution in [1.29, 1.82) is 0 Å². The van der Waals surface area contributed by atoms with Crippen LogP contribution in [-0.2, 0) is 29.6 Å². The van der Waals surface area contributed by atoms with Crippen molar-refractivity contribution in [3.63, 3.8) is 0 Å². The molecule has 9 heteroatoms. The average Bonchev–Trinajstić information content (AvgIpc) is 3.07. The molecule has 0 aliphatic heterocycles. The molecule has 0 radical (unpaired) electrons. The summed E-state index contributed by atoms with van der Waals surface area (Å²) in [6.07, 6.45) is 0.0652. The second kappa shape index (κ2) is 10.3. The summed E-state index contributed by atoms with van der Waals surface area (Å²) in [5.74, 6) is 0.412. The van der Waals surface area contributed by atoms with E-state index in [0.29, 0.717) is 28.2 Å². The number of hydrogen-bond acceptors (Lipinski definition) is 5. The summed E-state index contributed by atoms with van der Waals surface area (Å²) in [6, 6.07) is 15.1. The number of halogens is 1. The minimum absolute atomic E-state index is 0.0652. The molecule has 0 bridgehead atoms. The van der Waals surface area contributed by atoms with Crippen molar-refractivity contribution in [2.75, 3.05) is 11.1 Å². The molecule has 0 aliphatic rings. The molecule has 156 valence electrons. The number of nitrogens with one attached hydrogen (secondary N) is 2. The number of nitrogens with zero attached hydrogens (tertiary/aromatic N) is 3. The fourth-order valence-corrected chi connectivity index (χ4v) is 3.56. The Morgan fingerprint density at radius 3 is 2.60 bits per heavy atom. The summed E-state index contributed by atoms with van der Waals surface area (Å²) < 4.78 is 1.72. The van der Waals surface area contributed by atoms with Gasteiger partial charge < -0.3 is 15.2 Å². The van der Waals surface area contributed by atoms with Gasteiger partial charge in [-0.2, -0.15) is 0 Å². The number of aryl methyl sites for hydroxylation is 1. The second-order valence-electron chi connectivity index (χ2n) is 6.70. The van der Waals surface area contributed by atoms with Crippen LogP contribution in [0.15, 0.2) is 53.7 Å². The Balaban J connectivity index is 1.49. The highest BCUT2D eigenvalue weighted by Crippen LogP contribution is 2.20. The lowest BCUT2D eigenvalue weighted by molar-refractivity contribution is -0.118. The standard InChI is InChI=1S/C21H22ClN5O2S/c1-14-8-9-16(10-17(14)22)24-19(28)11-18-25-26-21(27(18)2)30-13-20(29)23-12-15-6-4-3-5-7-15/h3-10H,11-13H2,1-2H3,(H,23,29)(H,24,28). The number of carbonyl (C=O) groups is 2. The van der Waals surface area contributed by atoms with Crippen LogP contribution in [0.4, 0.5) is 5.69 Å². The molecule has 0 atom stereocenters. The van der Waals surface area contributed by atoms with Gasteiger partial charge in [-0.05, 0) is 30.2 Å². The van der Waals surface area contributed by atoms with Gasteiger partial charge in [0.25, 0.3) is 0 Å². The van der Waals surface area contributed by atoms with Gasteiger partial charge in [0.05, 0.1) is 12.2 Å². The van der Waals surface area contributed by atoms with E-state index in [1.54, 1.807) is 23.7 Å². The van der Waals surface area contributed by atoms with Crippen molar-refractivity contribution < 1.29 is 9.59 Å². The number of benzene rings is 2. The number of amides is 2. The first-order valence-electron chi connectivity index (χ1n) is 9.30. The molecule has 0 saturated carbocycles. The molecule has 2 N–H and O–H groups in total. The summed E-state index contributed by atoms with van der Waals surface area (Å²) in [5, 5.41) is 15.0. The predicted octanol–water partition coefficient (Wildman–Crippen LogP) is 3.37. The van der Waals surface area contributed by atoms with Gasteiger partial charge in [-0.3, -0.25) is 9.59 Å². The van der Waals surface area contributed by atoms with Gasteiger partial charge in [0.2, 0.25) is 11.8 Å². The third-order valence-corrected chi connectivity index (χ3v) is 5.79.